The van der Waals surface area contributed by atoms with Crippen molar-refractivity contribution in [2.45, 2.75) is 58.9 Å². The summed E-state index contributed by atoms with van der Waals surface area (Å²) in [4.78, 5) is 5.12. The number of aliphatic imine (C=N–C) groups is 1. The summed E-state index contributed by atoms with van der Waals surface area (Å²) >= 11 is 0. The van der Waals surface area contributed by atoms with Crippen LogP contribution in [0.4, 0.5) is 5.69 Å². The lowest BCUT2D eigenvalue weighted by Crippen LogP contribution is -2.36. The fourth-order valence-electron chi connectivity index (χ4n) is 8.96. The molecule has 1 saturated heterocycles. The Morgan fingerprint density at radius 3 is 1.82 bits per heavy atom. The molecule has 3 aliphatic rings. The average Bonchev–Trinajstić information content (AvgIpc) is 3.67. The molecule has 0 amide bonds. The molecule has 50 heavy (non-hydrogen) atoms. The molecule has 2 aliphatic carbocycles. The molecule has 2 nitrogen and oxygen atoms in total. The summed E-state index contributed by atoms with van der Waals surface area (Å²) < 4.78 is 6.83. The molecule has 244 valence electrons. The lowest BCUT2D eigenvalue weighted by molar-refractivity contribution is 0.0375. The molecular formula is C47H42BNO. The monoisotopic (exact) mass is 647 g/mol. The first kappa shape index (κ1) is 31.0. The summed E-state index contributed by atoms with van der Waals surface area (Å²) in [6, 6.07) is 49.5. The van der Waals surface area contributed by atoms with Crippen LogP contribution in [0.15, 0.2) is 138 Å². The van der Waals surface area contributed by atoms with Crippen molar-refractivity contribution in [3.05, 3.63) is 167 Å². The third-order valence-electron chi connectivity index (χ3n) is 12.3. The van der Waals surface area contributed by atoms with Gasteiger partial charge in [0.05, 0.1) is 16.7 Å². The smallest absolute Gasteiger partial charge is 0.327 e. The number of aryl methyl sites for hydroxylation is 1. The van der Waals surface area contributed by atoms with E-state index in [0.29, 0.717) is 0 Å². The third kappa shape index (κ3) is 4.36. The van der Waals surface area contributed by atoms with Gasteiger partial charge in [0.15, 0.2) is 0 Å². The van der Waals surface area contributed by atoms with E-state index >= 15 is 0 Å². The van der Waals surface area contributed by atoms with Crippen molar-refractivity contribution in [2.75, 3.05) is 0 Å². The van der Waals surface area contributed by atoms with Gasteiger partial charge in [0.2, 0.25) is 0 Å². The molecule has 1 heterocycles. The van der Waals surface area contributed by atoms with Gasteiger partial charge in [-0.15, -0.1) is 0 Å². The van der Waals surface area contributed by atoms with Crippen molar-refractivity contribution < 1.29 is 4.65 Å². The van der Waals surface area contributed by atoms with Crippen LogP contribution in [0.1, 0.15) is 68.0 Å². The summed E-state index contributed by atoms with van der Waals surface area (Å²) in [7, 11) is 0. The largest absolute Gasteiger partial charge is 0.426 e. The van der Waals surface area contributed by atoms with Gasteiger partial charge < -0.3 is 4.65 Å². The molecule has 3 heteroatoms. The molecule has 6 aromatic rings. The second kappa shape index (κ2) is 11.0. The minimum absolute atomic E-state index is 0.0518. The van der Waals surface area contributed by atoms with Gasteiger partial charge in [-0.05, 0) is 118 Å². The summed E-state index contributed by atoms with van der Waals surface area (Å²) in [6.45, 7) is 13.5. The minimum Gasteiger partial charge on any atom is -0.426 e. The topological polar surface area (TPSA) is 21.6 Å². The van der Waals surface area contributed by atoms with Crippen LogP contribution in [-0.4, -0.2) is 18.2 Å². The second-order valence-corrected chi connectivity index (χ2v) is 15.6. The van der Waals surface area contributed by atoms with Gasteiger partial charge in [0, 0.05) is 11.3 Å². The van der Waals surface area contributed by atoms with Gasteiger partial charge in [-0.3, -0.25) is 4.99 Å². The van der Waals surface area contributed by atoms with E-state index in [1.807, 2.05) is 0 Å². The zero-order valence-corrected chi connectivity index (χ0v) is 29.8. The van der Waals surface area contributed by atoms with Crippen LogP contribution in [-0.2, 0) is 10.1 Å². The minimum atomic E-state index is -0.438. The fourth-order valence-corrected chi connectivity index (χ4v) is 8.96. The Bertz CT molecular complexity index is 2320. The van der Waals surface area contributed by atoms with E-state index in [1.165, 1.54) is 66.7 Å². The highest BCUT2D eigenvalue weighted by atomic mass is 16.5. The Hall–Kier alpha value is -4.99. The van der Waals surface area contributed by atoms with Gasteiger partial charge in [-0.25, -0.2) is 0 Å². The molecule has 0 N–H and O–H groups in total. The molecule has 0 radical (unpaired) electrons. The summed E-state index contributed by atoms with van der Waals surface area (Å²) in [5.41, 5.74) is 18.1. The van der Waals surface area contributed by atoms with Crippen molar-refractivity contribution in [1.82, 2.24) is 0 Å². The van der Waals surface area contributed by atoms with Crippen molar-refractivity contribution in [2.24, 2.45) is 10.4 Å². The van der Waals surface area contributed by atoms with E-state index in [9.17, 15) is 0 Å². The number of hydrogen-bond donors (Lipinski definition) is 0. The molecule has 0 saturated carbocycles. The molecule has 1 fully saturated rings. The van der Waals surface area contributed by atoms with Crippen molar-refractivity contribution >= 4 is 23.8 Å². The predicted molar refractivity (Wildman–Crippen MR) is 210 cm³/mol. The highest BCUT2D eigenvalue weighted by molar-refractivity contribution is 6.68. The van der Waals surface area contributed by atoms with E-state index in [4.69, 9.17) is 9.65 Å². The van der Waals surface area contributed by atoms with Gasteiger partial charge in [0.1, 0.15) is 0 Å². The Kier molecular flexibility index (Phi) is 6.83. The van der Waals surface area contributed by atoms with Crippen LogP contribution in [0.3, 0.4) is 0 Å². The van der Waals surface area contributed by atoms with E-state index in [1.54, 1.807) is 0 Å². The predicted octanol–water partition coefficient (Wildman–Crippen LogP) is 11.2. The fraction of sp³-hybridized carbons (Fsp3) is 0.213. The molecule has 6 aromatic carbocycles. The SMILES string of the molecule is C/C(=N\c1ccccc1C)c1ccccc1-c1ccc2c(c1)C1(c3ccccc3-c3ccccc31)c1cc(B3CC(C)(C)C(C)(C)O3)ccc1-2. The van der Waals surface area contributed by atoms with Crippen LogP contribution in [0.25, 0.3) is 33.4 Å². The van der Waals surface area contributed by atoms with Crippen molar-refractivity contribution in [1.29, 1.82) is 0 Å². The number of rotatable bonds is 4. The van der Waals surface area contributed by atoms with E-state index in [0.717, 1.165) is 23.3 Å². The maximum atomic E-state index is 6.83. The Morgan fingerprint density at radius 2 is 1.16 bits per heavy atom. The van der Waals surface area contributed by atoms with Crippen LogP contribution in [0.5, 0.6) is 0 Å². The van der Waals surface area contributed by atoms with E-state index in [-0.39, 0.29) is 17.9 Å². The molecule has 0 aromatic heterocycles. The first-order valence-electron chi connectivity index (χ1n) is 18.0. The van der Waals surface area contributed by atoms with Crippen LogP contribution < -0.4 is 5.46 Å². The Labute approximate surface area is 297 Å². The van der Waals surface area contributed by atoms with E-state index in [2.05, 4.69) is 175 Å². The van der Waals surface area contributed by atoms with Gasteiger partial charge >= 0.3 is 6.92 Å². The highest BCUT2D eigenvalue weighted by Gasteiger charge is 2.53. The third-order valence-corrected chi connectivity index (χ3v) is 12.3. The number of para-hydroxylation sites is 1. The normalized spacial score (nSPS) is 17.4. The number of benzene rings is 6. The molecule has 9 rings (SSSR count). The molecular weight excluding hydrogens is 605 g/mol. The van der Waals surface area contributed by atoms with E-state index < -0.39 is 5.41 Å². The second-order valence-electron chi connectivity index (χ2n) is 15.6. The summed E-state index contributed by atoms with van der Waals surface area (Å²) in [6.07, 6.45) is 0.996. The lowest BCUT2D eigenvalue weighted by Gasteiger charge is -2.34. The van der Waals surface area contributed by atoms with Gasteiger partial charge in [0.25, 0.3) is 0 Å². The maximum absolute atomic E-state index is 6.83. The maximum Gasteiger partial charge on any atom is 0.327 e. The quantitative estimate of drug-likeness (QED) is 0.138. The Morgan fingerprint density at radius 1 is 0.600 bits per heavy atom. The highest BCUT2D eigenvalue weighted by Crippen LogP contribution is 2.63. The van der Waals surface area contributed by atoms with Crippen LogP contribution in [0, 0.1) is 12.3 Å². The standard InChI is InChI=1S/C47H42BNO/c1-30-15-7-14-22-44(30)49-31(2)34-16-8-9-17-35(34)32-23-25-38-39-26-24-33(48-29-45(3,4)46(5,6)50-48)28-43(39)47(42(38)27-32)40-20-12-10-18-36(40)37-19-11-13-21-41(37)47/h7-28H,29H2,1-6H3/b49-31+. The zero-order valence-electron chi connectivity index (χ0n) is 29.8. The molecule has 0 bridgehead atoms. The molecule has 0 unspecified atom stereocenters. The molecule has 1 spiro atoms. The van der Waals surface area contributed by atoms with Crippen LogP contribution >= 0.6 is 0 Å². The number of fused-ring (bicyclic) bond motifs is 10. The van der Waals surface area contributed by atoms with Crippen LogP contribution in [0.2, 0.25) is 6.32 Å². The first-order chi connectivity index (χ1) is 24.1. The van der Waals surface area contributed by atoms with Crippen molar-refractivity contribution in [3.8, 4) is 33.4 Å². The van der Waals surface area contributed by atoms with Gasteiger partial charge in [-0.1, -0.05) is 135 Å². The zero-order chi connectivity index (χ0) is 34.4. The molecule has 0 atom stereocenters. The summed E-state index contributed by atoms with van der Waals surface area (Å²) in [5, 5.41) is 0. The first-order valence-corrected chi connectivity index (χ1v) is 18.0. The van der Waals surface area contributed by atoms with Crippen molar-refractivity contribution in [3.63, 3.8) is 0 Å². The lowest BCUT2D eigenvalue weighted by atomic mass is 9.53. The van der Waals surface area contributed by atoms with Gasteiger partial charge in [-0.2, -0.15) is 0 Å². The Balaban J connectivity index is 1.27. The molecule has 1 aliphatic heterocycles. The number of nitrogens with zero attached hydrogens (tertiary/aromatic N) is 1. The number of hydrogen-bond acceptors (Lipinski definition) is 2. The average molecular weight is 648 g/mol. The summed E-state index contributed by atoms with van der Waals surface area (Å²) in [5.74, 6) is 0.